The maximum atomic E-state index is 9.25. The summed E-state index contributed by atoms with van der Waals surface area (Å²) in [4.78, 5) is 0. The summed E-state index contributed by atoms with van der Waals surface area (Å²) in [5, 5.41) is 9.25. The zero-order valence-corrected chi connectivity index (χ0v) is 6.26. The van der Waals surface area contributed by atoms with Crippen molar-refractivity contribution in [1.82, 2.24) is 0 Å². The van der Waals surface area contributed by atoms with Crippen molar-refractivity contribution in [2.45, 2.75) is 19.8 Å². The molecular weight excluding hydrogens is 124 g/mol. The molecule has 1 heteroatoms. The Morgan fingerprint density at radius 1 is 1.50 bits per heavy atom. The molecule has 10 heavy (non-hydrogen) atoms. The first-order chi connectivity index (χ1) is 4.72. The van der Waals surface area contributed by atoms with E-state index in [0.29, 0.717) is 11.7 Å². The van der Waals surface area contributed by atoms with E-state index in [0.717, 1.165) is 5.56 Å². The first-order valence-corrected chi connectivity index (χ1v) is 3.41. The highest BCUT2D eigenvalue weighted by molar-refractivity contribution is 5.33. The fourth-order valence-electron chi connectivity index (χ4n) is 0.922. The normalized spacial score (nSPS) is 10.3. The summed E-state index contributed by atoms with van der Waals surface area (Å²) < 4.78 is 0. The number of hydrogen-bond donors (Lipinski definition) is 1. The Kier molecular flexibility index (Phi) is 1.95. The molecule has 53 valence electrons. The number of rotatable bonds is 1. The second-order valence-electron chi connectivity index (χ2n) is 2.64. The lowest BCUT2D eigenvalue weighted by Gasteiger charge is -2.05. The Labute approximate surface area is 61.3 Å². The molecule has 0 aromatic heterocycles. The molecule has 1 rings (SSSR count). The van der Waals surface area contributed by atoms with Crippen LogP contribution in [-0.4, -0.2) is 5.11 Å². The van der Waals surface area contributed by atoms with E-state index in [1.807, 2.05) is 12.1 Å². The minimum atomic E-state index is 0.345. The molecule has 0 amide bonds. The van der Waals surface area contributed by atoms with Crippen molar-refractivity contribution in [2.75, 3.05) is 0 Å². The molecule has 0 spiro atoms. The van der Waals surface area contributed by atoms with Crippen molar-refractivity contribution >= 4 is 0 Å². The SMILES string of the molecule is CC(C)c1cc[c]cc1O. The molecule has 0 unspecified atom stereocenters. The van der Waals surface area contributed by atoms with E-state index in [2.05, 4.69) is 19.9 Å². The van der Waals surface area contributed by atoms with Crippen molar-refractivity contribution < 1.29 is 5.11 Å². The largest absolute Gasteiger partial charge is 0.508 e. The Bertz CT molecular complexity index is 216. The molecule has 1 radical (unpaired) electrons. The van der Waals surface area contributed by atoms with Crippen LogP contribution in [0.2, 0.25) is 0 Å². The molecule has 0 aliphatic carbocycles. The highest BCUT2D eigenvalue weighted by Gasteiger charge is 2.02. The predicted octanol–water partition coefficient (Wildman–Crippen LogP) is 2.32. The fraction of sp³-hybridized carbons (Fsp3) is 0.333. The van der Waals surface area contributed by atoms with Crippen molar-refractivity contribution in [1.29, 1.82) is 0 Å². The van der Waals surface area contributed by atoms with Crippen LogP contribution in [0.5, 0.6) is 5.75 Å². The number of phenols is 1. The summed E-state index contributed by atoms with van der Waals surface area (Å²) in [6.45, 7) is 4.10. The van der Waals surface area contributed by atoms with Crippen LogP contribution in [-0.2, 0) is 0 Å². The zero-order chi connectivity index (χ0) is 7.56. The predicted molar refractivity (Wildman–Crippen MR) is 41.0 cm³/mol. The smallest absolute Gasteiger partial charge is 0.119 e. The molecule has 1 aromatic rings. The van der Waals surface area contributed by atoms with Crippen LogP contribution >= 0.6 is 0 Å². The molecule has 0 fully saturated rings. The van der Waals surface area contributed by atoms with Gasteiger partial charge in [0.2, 0.25) is 0 Å². The molecule has 1 aromatic carbocycles. The van der Waals surface area contributed by atoms with E-state index in [1.54, 1.807) is 6.07 Å². The molecule has 0 bridgehead atoms. The lowest BCUT2D eigenvalue weighted by molar-refractivity contribution is 0.465. The van der Waals surface area contributed by atoms with Gasteiger partial charge in [-0.2, -0.15) is 0 Å². The Balaban J connectivity index is 3.03. The molecule has 1 N–H and O–H groups in total. The highest BCUT2D eigenvalue weighted by Crippen LogP contribution is 2.23. The molecule has 0 heterocycles. The Hall–Kier alpha value is -0.980. The maximum absolute atomic E-state index is 9.25. The second kappa shape index (κ2) is 2.74. The lowest BCUT2D eigenvalue weighted by Crippen LogP contribution is -1.86. The first kappa shape index (κ1) is 7.13. The van der Waals surface area contributed by atoms with E-state index >= 15 is 0 Å². The van der Waals surface area contributed by atoms with Gasteiger partial charge in [0.05, 0.1) is 0 Å². The van der Waals surface area contributed by atoms with E-state index in [-0.39, 0.29) is 0 Å². The van der Waals surface area contributed by atoms with Crippen LogP contribution in [0.4, 0.5) is 0 Å². The minimum Gasteiger partial charge on any atom is -0.508 e. The average Bonchev–Trinajstić information content (AvgIpc) is 1.88. The Morgan fingerprint density at radius 2 is 2.20 bits per heavy atom. The van der Waals surface area contributed by atoms with Gasteiger partial charge >= 0.3 is 0 Å². The molecule has 0 atom stereocenters. The third-order valence-electron chi connectivity index (χ3n) is 1.50. The zero-order valence-electron chi connectivity index (χ0n) is 6.26. The van der Waals surface area contributed by atoms with Gasteiger partial charge < -0.3 is 5.11 Å². The quantitative estimate of drug-likeness (QED) is 0.626. The minimum absolute atomic E-state index is 0.345. The van der Waals surface area contributed by atoms with Gasteiger partial charge in [0.1, 0.15) is 5.75 Å². The molecule has 0 saturated heterocycles. The summed E-state index contributed by atoms with van der Waals surface area (Å²) in [5.41, 5.74) is 0.985. The maximum Gasteiger partial charge on any atom is 0.119 e. The van der Waals surface area contributed by atoms with E-state index in [4.69, 9.17) is 0 Å². The third-order valence-corrected chi connectivity index (χ3v) is 1.50. The average molecular weight is 135 g/mol. The summed E-state index contributed by atoms with van der Waals surface area (Å²) >= 11 is 0. The van der Waals surface area contributed by atoms with Gasteiger partial charge in [0, 0.05) is 0 Å². The van der Waals surface area contributed by atoms with Crippen LogP contribution < -0.4 is 0 Å². The number of phenolic OH excluding ortho intramolecular Hbond substituents is 1. The summed E-state index contributed by atoms with van der Waals surface area (Å²) in [6.07, 6.45) is 0. The van der Waals surface area contributed by atoms with Gasteiger partial charge in [0.25, 0.3) is 0 Å². The Morgan fingerprint density at radius 3 is 2.60 bits per heavy atom. The number of hydrogen-bond acceptors (Lipinski definition) is 1. The van der Waals surface area contributed by atoms with Gasteiger partial charge in [-0.15, -0.1) is 0 Å². The van der Waals surface area contributed by atoms with Gasteiger partial charge in [-0.3, -0.25) is 0 Å². The van der Waals surface area contributed by atoms with Crippen LogP contribution in [0, 0.1) is 6.07 Å². The topological polar surface area (TPSA) is 20.2 Å². The van der Waals surface area contributed by atoms with Crippen molar-refractivity contribution in [3.63, 3.8) is 0 Å². The molecule has 0 aliphatic rings. The van der Waals surface area contributed by atoms with Crippen molar-refractivity contribution in [2.24, 2.45) is 0 Å². The number of benzene rings is 1. The second-order valence-corrected chi connectivity index (χ2v) is 2.64. The first-order valence-electron chi connectivity index (χ1n) is 3.41. The third kappa shape index (κ3) is 1.29. The molecular formula is C9H11O. The van der Waals surface area contributed by atoms with Crippen LogP contribution in [0.3, 0.4) is 0 Å². The van der Waals surface area contributed by atoms with Gasteiger partial charge in [-0.05, 0) is 23.6 Å². The van der Waals surface area contributed by atoms with E-state index in [1.165, 1.54) is 0 Å². The molecule has 1 nitrogen and oxygen atoms in total. The van der Waals surface area contributed by atoms with E-state index in [9.17, 15) is 5.11 Å². The fourth-order valence-corrected chi connectivity index (χ4v) is 0.922. The molecule has 0 saturated carbocycles. The van der Waals surface area contributed by atoms with Crippen molar-refractivity contribution in [3.8, 4) is 5.75 Å². The van der Waals surface area contributed by atoms with Crippen LogP contribution in [0.15, 0.2) is 18.2 Å². The van der Waals surface area contributed by atoms with E-state index < -0.39 is 0 Å². The standard InChI is InChI=1S/C9H11O/c1-7(2)8-5-3-4-6-9(8)10/h3,5-7,10H,1-2H3. The summed E-state index contributed by atoms with van der Waals surface area (Å²) in [5.74, 6) is 0.729. The van der Waals surface area contributed by atoms with Gasteiger partial charge in [-0.25, -0.2) is 0 Å². The summed E-state index contributed by atoms with van der Waals surface area (Å²) in [7, 11) is 0. The summed E-state index contributed by atoms with van der Waals surface area (Å²) in [6, 6.07) is 8.10. The lowest BCUT2D eigenvalue weighted by atomic mass is 10.0. The van der Waals surface area contributed by atoms with Crippen LogP contribution in [0.25, 0.3) is 0 Å². The van der Waals surface area contributed by atoms with Crippen molar-refractivity contribution in [3.05, 3.63) is 29.8 Å². The molecule has 0 aliphatic heterocycles. The highest BCUT2D eigenvalue weighted by atomic mass is 16.3. The van der Waals surface area contributed by atoms with Gasteiger partial charge in [0.15, 0.2) is 0 Å². The monoisotopic (exact) mass is 135 g/mol. The van der Waals surface area contributed by atoms with Gasteiger partial charge in [-0.1, -0.05) is 26.0 Å². The number of aromatic hydroxyl groups is 1. The van der Waals surface area contributed by atoms with Crippen LogP contribution in [0.1, 0.15) is 25.3 Å².